The van der Waals surface area contributed by atoms with E-state index in [9.17, 15) is 13.2 Å². The Balaban J connectivity index is 2.36. The summed E-state index contributed by atoms with van der Waals surface area (Å²) in [7, 11) is -3.58. The molecule has 0 aliphatic heterocycles. The van der Waals surface area contributed by atoms with Crippen molar-refractivity contribution in [3.63, 3.8) is 0 Å². The van der Waals surface area contributed by atoms with E-state index in [1.165, 1.54) is 23.5 Å². The highest BCUT2D eigenvalue weighted by Crippen LogP contribution is 2.28. The highest BCUT2D eigenvalue weighted by Gasteiger charge is 2.16. The van der Waals surface area contributed by atoms with Gasteiger partial charge in [-0.05, 0) is 36.6 Å². The third-order valence-electron chi connectivity index (χ3n) is 2.71. The largest absolute Gasteiger partial charge is 0.462 e. The average molecular weight is 328 g/mol. The van der Waals surface area contributed by atoms with Gasteiger partial charge in [0.1, 0.15) is 4.88 Å². The van der Waals surface area contributed by atoms with Crippen molar-refractivity contribution in [3.8, 4) is 0 Å². The molecule has 21 heavy (non-hydrogen) atoms. The van der Waals surface area contributed by atoms with Gasteiger partial charge >= 0.3 is 5.97 Å². The standard InChI is InChI=1S/C13H16N2O4S2/c1-2-19-13(16)12-8-9-7-10(3-4-11(9)20-12)21(17,18)15-6-5-14/h3-4,7-8,15H,2,5-6,14H2,1H3. The summed E-state index contributed by atoms with van der Waals surface area (Å²) in [5.41, 5.74) is 5.29. The summed E-state index contributed by atoms with van der Waals surface area (Å²) >= 11 is 1.27. The van der Waals surface area contributed by atoms with E-state index in [0.29, 0.717) is 16.9 Å². The molecule has 0 radical (unpaired) electrons. The second-order valence-corrected chi connectivity index (χ2v) is 7.07. The van der Waals surface area contributed by atoms with Crippen LogP contribution in [0.15, 0.2) is 29.2 Å². The zero-order valence-corrected chi connectivity index (χ0v) is 13.1. The number of esters is 1. The molecule has 1 aromatic carbocycles. The Morgan fingerprint density at radius 3 is 2.81 bits per heavy atom. The summed E-state index contributed by atoms with van der Waals surface area (Å²) in [5.74, 6) is -0.399. The number of hydrogen-bond acceptors (Lipinski definition) is 6. The van der Waals surface area contributed by atoms with Crippen molar-refractivity contribution in [2.24, 2.45) is 5.73 Å². The molecule has 0 saturated heterocycles. The third-order valence-corrected chi connectivity index (χ3v) is 5.27. The molecule has 0 unspecified atom stereocenters. The summed E-state index contributed by atoms with van der Waals surface area (Å²) in [6.45, 7) is 2.44. The Bertz CT molecular complexity index is 753. The number of nitrogens with one attached hydrogen (secondary N) is 1. The Morgan fingerprint density at radius 1 is 1.38 bits per heavy atom. The van der Waals surface area contributed by atoms with Gasteiger partial charge in [-0.1, -0.05) is 0 Å². The van der Waals surface area contributed by atoms with Crippen LogP contribution in [0, 0.1) is 0 Å². The molecule has 1 aromatic heterocycles. The van der Waals surface area contributed by atoms with E-state index in [0.717, 1.165) is 4.70 Å². The minimum absolute atomic E-state index is 0.150. The van der Waals surface area contributed by atoms with Gasteiger partial charge in [0.15, 0.2) is 0 Å². The fourth-order valence-electron chi connectivity index (χ4n) is 1.77. The molecule has 0 fully saturated rings. The lowest BCUT2D eigenvalue weighted by molar-refractivity contribution is 0.0532. The van der Waals surface area contributed by atoms with Crippen LogP contribution in [0.3, 0.4) is 0 Å². The van der Waals surface area contributed by atoms with Crippen LogP contribution in [-0.2, 0) is 14.8 Å². The Hall–Kier alpha value is -1.48. The normalized spacial score (nSPS) is 11.7. The maximum Gasteiger partial charge on any atom is 0.348 e. The lowest BCUT2D eigenvalue weighted by Crippen LogP contribution is -2.29. The van der Waals surface area contributed by atoms with Crippen LogP contribution in [0.2, 0.25) is 0 Å². The number of benzene rings is 1. The molecule has 1 heterocycles. The molecule has 6 nitrogen and oxygen atoms in total. The molecule has 0 aliphatic rings. The zero-order chi connectivity index (χ0) is 15.5. The van der Waals surface area contributed by atoms with E-state index in [1.807, 2.05) is 0 Å². The second-order valence-electron chi connectivity index (χ2n) is 4.22. The maximum absolute atomic E-state index is 12.0. The number of carbonyl (C=O) groups excluding carboxylic acids is 1. The molecule has 0 spiro atoms. The summed E-state index contributed by atoms with van der Waals surface area (Å²) in [6, 6.07) is 6.36. The molecule has 8 heteroatoms. The molecule has 2 rings (SSSR count). The van der Waals surface area contributed by atoms with Gasteiger partial charge in [0.05, 0.1) is 11.5 Å². The molecule has 0 amide bonds. The van der Waals surface area contributed by atoms with Gasteiger partial charge in [0, 0.05) is 17.8 Å². The Morgan fingerprint density at radius 2 is 2.14 bits per heavy atom. The van der Waals surface area contributed by atoms with Gasteiger partial charge in [0.25, 0.3) is 0 Å². The van der Waals surface area contributed by atoms with Crippen LogP contribution in [0.25, 0.3) is 10.1 Å². The molecule has 3 N–H and O–H groups in total. The van der Waals surface area contributed by atoms with Gasteiger partial charge in [-0.3, -0.25) is 0 Å². The first-order chi connectivity index (χ1) is 9.97. The van der Waals surface area contributed by atoms with Crippen molar-refractivity contribution in [1.82, 2.24) is 4.72 Å². The third kappa shape index (κ3) is 3.59. The van der Waals surface area contributed by atoms with Crippen LogP contribution in [0.4, 0.5) is 0 Å². The average Bonchev–Trinajstić information content (AvgIpc) is 2.88. The highest BCUT2D eigenvalue weighted by molar-refractivity contribution is 7.89. The van der Waals surface area contributed by atoms with Crippen LogP contribution in [0.5, 0.6) is 0 Å². The first-order valence-corrected chi connectivity index (χ1v) is 8.68. The Labute approximate surface area is 127 Å². The first kappa shape index (κ1) is 15.9. The fraction of sp³-hybridized carbons (Fsp3) is 0.308. The minimum Gasteiger partial charge on any atom is -0.462 e. The number of hydrogen-bond donors (Lipinski definition) is 2. The molecular weight excluding hydrogens is 312 g/mol. The molecule has 0 bridgehead atoms. The van der Waals surface area contributed by atoms with E-state index in [2.05, 4.69) is 4.72 Å². The van der Waals surface area contributed by atoms with Gasteiger partial charge in [-0.25, -0.2) is 17.9 Å². The number of thiophene rings is 1. The lowest BCUT2D eigenvalue weighted by Gasteiger charge is -2.05. The second kappa shape index (κ2) is 6.52. The van der Waals surface area contributed by atoms with E-state index in [1.54, 1.807) is 19.1 Å². The summed E-state index contributed by atoms with van der Waals surface area (Å²) in [5, 5.41) is 0.693. The summed E-state index contributed by atoms with van der Waals surface area (Å²) in [4.78, 5) is 12.3. The van der Waals surface area contributed by atoms with Crippen molar-refractivity contribution < 1.29 is 17.9 Å². The first-order valence-electron chi connectivity index (χ1n) is 6.38. The zero-order valence-electron chi connectivity index (χ0n) is 11.5. The Kier molecular flexibility index (Phi) is 4.94. The smallest absolute Gasteiger partial charge is 0.348 e. The maximum atomic E-state index is 12.0. The number of nitrogens with two attached hydrogens (primary N) is 1. The quantitative estimate of drug-likeness (QED) is 0.779. The SMILES string of the molecule is CCOC(=O)c1cc2cc(S(=O)(=O)NCCN)ccc2s1. The van der Waals surface area contributed by atoms with Crippen molar-refractivity contribution in [1.29, 1.82) is 0 Å². The van der Waals surface area contributed by atoms with Crippen LogP contribution >= 0.6 is 11.3 Å². The van der Waals surface area contributed by atoms with E-state index < -0.39 is 16.0 Å². The van der Waals surface area contributed by atoms with Crippen LogP contribution in [0.1, 0.15) is 16.6 Å². The minimum atomic E-state index is -3.58. The lowest BCUT2D eigenvalue weighted by atomic mass is 10.2. The number of ether oxygens (including phenoxy) is 1. The number of fused-ring (bicyclic) bond motifs is 1. The van der Waals surface area contributed by atoms with E-state index in [4.69, 9.17) is 10.5 Å². The van der Waals surface area contributed by atoms with Crippen molar-refractivity contribution in [2.45, 2.75) is 11.8 Å². The monoisotopic (exact) mass is 328 g/mol. The molecule has 0 atom stereocenters. The van der Waals surface area contributed by atoms with Crippen molar-refractivity contribution in [2.75, 3.05) is 19.7 Å². The molecule has 0 saturated carbocycles. The molecule has 0 aliphatic carbocycles. The number of sulfonamides is 1. The number of rotatable bonds is 6. The molecule has 2 aromatic rings. The van der Waals surface area contributed by atoms with Gasteiger partial charge < -0.3 is 10.5 Å². The topological polar surface area (TPSA) is 98.5 Å². The predicted octanol–water partition coefficient (Wildman–Crippen LogP) is 1.31. The highest BCUT2D eigenvalue weighted by atomic mass is 32.2. The summed E-state index contributed by atoms with van der Waals surface area (Å²) in [6.07, 6.45) is 0. The van der Waals surface area contributed by atoms with Crippen LogP contribution < -0.4 is 10.5 Å². The van der Waals surface area contributed by atoms with Crippen LogP contribution in [-0.4, -0.2) is 34.1 Å². The van der Waals surface area contributed by atoms with Gasteiger partial charge in [0.2, 0.25) is 10.0 Å². The predicted molar refractivity (Wildman–Crippen MR) is 82.0 cm³/mol. The van der Waals surface area contributed by atoms with Crippen molar-refractivity contribution >= 4 is 37.4 Å². The van der Waals surface area contributed by atoms with Gasteiger partial charge in [-0.2, -0.15) is 0 Å². The van der Waals surface area contributed by atoms with E-state index in [-0.39, 0.29) is 18.0 Å². The molecule has 114 valence electrons. The molecular formula is C13H16N2O4S2. The van der Waals surface area contributed by atoms with E-state index >= 15 is 0 Å². The fourth-order valence-corrected chi connectivity index (χ4v) is 3.79. The number of carbonyl (C=O) groups is 1. The summed E-state index contributed by atoms with van der Waals surface area (Å²) < 4.78 is 32.2. The van der Waals surface area contributed by atoms with Gasteiger partial charge in [-0.15, -0.1) is 11.3 Å². The van der Waals surface area contributed by atoms with Crippen molar-refractivity contribution in [3.05, 3.63) is 29.1 Å².